The monoisotopic (exact) mass is 303 g/mol. The third-order valence-electron chi connectivity index (χ3n) is 4.69. The standard InChI is InChI=1S/C16H21N3O3/c1-9-2-4-12-14(15(9)21)18-7-11-6-10(3-5-13(17)20)8-19(11)16(12)22/h2,4,10-11,18,21H,3,5-8H2,1H3,(H2,17,20). The summed E-state index contributed by atoms with van der Waals surface area (Å²) in [6.07, 6.45) is 1.95. The third kappa shape index (κ3) is 2.49. The minimum absolute atomic E-state index is 0.0538. The van der Waals surface area contributed by atoms with Crippen LogP contribution in [0.5, 0.6) is 5.75 Å². The van der Waals surface area contributed by atoms with Gasteiger partial charge in [-0.05, 0) is 37.3 Å². The molecule has 0 aromatic heterocycles. The van der Waals surface area contributed by atoms with Crippen molar-refractivity contribution in [1.82, 2.24) is 4.90 Å². The Labute approximate surface area is 129 Å². The van der Waals surface area contributed by atoms with E-state index in [-0.39, 0.29) is 23.6 Å². The summed E-state index contributed by atoms with van der Waals surface area (Å²) >= 11 is 0. The van der Waals surface area contributed by atoms with Crippen LogP contribution in [-0.4, -0.2) is 41.0 Å². The van der Waals surface area contributed by atoms with Gasteiger partial charge in [0.1, 0.15) is 5.75 Å². The van der Waals surface area contributed by atoms with E-state index in [9.17, 15) is 14.7 Å². The van der Waals surface area contributed by atoms with Crippen LogP contribution < -0.4 is 11.1 Å². The first kappa shape index (κ1) is 14.7. The number of nitrogens with zero attached hydrogens (tertiary/aromatic N) is 1. The van der Waals surface area contributed by atoms with E-state index >= 15 is 0 Å². The lowest BCUT2D eigenvalue weighted by Gasteiger charge is -2.21. The van der Waals surface area contributed by atoms with Gasteiger partial charge in [-0.25, -0.2) is 0 Å². The van der Waals surface area contributed by atoms with Crippen molar-refractivity contribution in [1.29, 1.82) is 0 Å². The topological polar surface area (TPSA) is 95.7 Å². The van der Waals surface area contributed by atoms with Crippen LogP contribution in [0.25, 0.3) is 0 Å². The predicted octanol–water partition coefficient (Wildman–Crippen LogP) is 1.22. The van der Waals surface area contributed by atoms with Crippen molar-refractivity contribution in [2.45, 2.75) is 32.2 Å². The Kier molecular flexibility index (Phi) is 3.68. The Bertz CT molecular complexity index is 629. The second-order valence-electron chi connectivity index (χ2n) is 6.25. The largest absolute Gasteiger partial charge is 0.505 e. The molecule has 1 aromatic rings. The van der Waals surface area contributed by atoms with Gasteiger partial charge in [0.2, 0.25) is 5.91 Å². The van der Waals surface area contributed by atoms with Crippen molar-refractivity contribution in [2.24, 2.45) is 11.7 Å². The molecule has 2 amide bonds. The molecular formula is C16H21N3O3. The number of anilines is 1. The zero-order chi connectivity index (χ0) is 15.9. The van der Waals surface area contributed by atoms with E-state index < -0.39 is 0 Å². The molecule has 2 aliphatic heterocycles. The number of primary amides is 1. The number of fused-ring (bicyclic) bond motifs is 2. The van der Waals surface area contributed by atoms with E-state index in [0.29, 0.717) is 36.7 Å². The molecule has 0 radical (unpaired) electrons. The first-order valence-electron chi connectivity index (χ1n) is 7.63. The highest BCUT2D eigenvalue weighted by Gasteiger charge is 2.38. The number of aryl methyl sites for hydroxylation is 1. The first-order valence-corrected chi connectivity index (χ1v) is 7.63. The summed E-state index contributed by atoms with van der Waals surface area (Å²) in [5, 5.41) is 13.4. The molecule has 0 spiro atoms. The fourth-order valence-corrected chi connectivity index (χ4v) is 3.44. The molecule has 0 bridgehead atoms. The van der Waals surface area contributed by atoms with Gasteiger partial charge in [0.25, 0.3) is 5.91 Å². The van der Waals surface area contributed by atoms with Crippen LogP contribution in [0.2, 0.25) is 0 Å². The molecule has 22 heavy (non-hydrogen) atoms. The molecule has 6 nitrogen and oxygen atoms in total. The number of aromatic hydroxyl groups is 1. The maximum Gasteiger partial charge on any atom is 0.256 e. The predicted molar refractivity (Wildman–Crippen MR) is 82.7 cm³/mol. The van der Waals surface area contributed by atoms with E-state index in [1.807, 2.05) is 11.8 Å². The van der Waals surface area contributed by atoms with Crippen molar-refractivity contribution in [2.75, 3.05) is 18.4 Å². The normalized spacial score (nSPS) is 23.5. The molecular weight excluding hydrogens is 282 g/mol. The molecule has 4 N–H and O–H groups in total. The van der Waals surface area contributed by atoms with Crippen molar-refractivity contribution >= 4 is 17.5 Å². The number of rotatable bonds is 3. The molecule has 6 heteroatoms. The minimum atomic E-state index is -0.294. The molecule has 1 fully saturated rings. The summed E-state index contributed by atoms with van der Waals surface area (Å²) in [7, 11) is 0. The fraction of sp³-hybridized carbons (Fsp3) is 0.500. The number of hydrogen-bond donors (Lipinski definition) is 3. The van der Waals surface area contributed by atoms with Crippen molar-refractivity contribution in [3.05, 3.63) is 23.3 Å². The third-order valence-corrected chi connectivity index (χ3v) is 4.69. The number of carbonyl (C=O) groups is 2. The Morgan fingerprint density at radius 1 is 1.50 bits per heavy atom. The Balaban J connectivity index is 1.82. The number of benzene rings is 1. The number of phenols is 1. The molecule has 0 aliphatic carbocycles. The molecule has 118 valence electrons. The number of nitrogens with one attached hydrogen (secondary N) is 1. The average Bonchev–Trinajstić information content (AvgIpc) is 2.84. The first-order chi connectivity index (χ1) is 10.5. The van der Waals surface area contributed by atoms with E-state index in [2.05, 4.69) is 5.32 Å². The molecule has 2 unspecified atom stereocenters. The number of phenolic OH excluding ortho intramolecular Hbond substituents is 1. The maximum absolute atomic E-state index is 12.7. The zero-order valence-corrected chi connectivity index (χ0v) is 12.6. The quantitative estimate of drug-likeness (QED) is 0.732. The van der Waals surface area contributed by atoms with Crippen LogP contribution in [0.3, 0.4) is 0 Å². The van der Waals surface area contributed by atoms with Gasteiger partial charge in [0.15, 0.2) is 0 Å². The molecule has 0 saturated carbocycles. The molecule has 2 heterocycles. The van der Waals surface area contributed by atoms with Crippen LogP contribution in [0, 0.1) is 12.8 Å². The second kappa shape index (κ2) is 5.51. The van der Waals surface area contributed by atoms with Gasteiger partial charge in [-0.3, -0.25) is 9.59 Å². The lowest BCUT2D eigenvalue weighted by molar-refractivity contribution is -0.118. The highest BCUT2D eigenvalue weighted by atomic mass is 16.3. The second-order valence-corrected chi connectivity index (χ2v) is 6.25. The summed E-state index contributed by atoms with van der Waals surface area (Å²) < 4.78 is 0. The zero-order valence-electron chi connectivity index (χ0n) is 12.6. The summed E-state index contributed by atoms with van der Waals surface area (Å²) in [5.74, 6) is 0.111. The van der Waals surface area contributed by atoms with Gasteiger partial charge in [0.05, 0.1) is 11.3 Å². The number of hydrogen-bond acceptors (Lipinski definition) is 4. The van der Waals surface area contributed by atoms with E-state index in [1.54, 1.807) is 12.1 Å². The van der Waals surface area contributed by atoms with E-state index in [0.717, 1.165) is 18.4 Å². The molecule has 3 rings (SSSR count). The van der Waals surface area contributed by atoms with Gasteiger partial charge in [-0.15, -0.1) is 0 Å². The highest BCUT2D eigenvalue weighted by molar-refractivity contribution is 6.02. The molecule has 2 atom stereocenters. The van der Waals surface area contributed by atoms with E-state index in [4.69, 9.17) is 5.73 Å². The van der Waals surface area contributed by atoms with Crippen molar-refractivity contribution < 1.29 is 14.7 Å². The van der Waals surface area contributed by atoms with Crippen LogP contribution in [0.15, 0.2) is 12.1 Å². The SMILES string of the molecule is Cc1ccc2c(c1O)NCC1CC(CCC(N)=O)CN1C2=O. The average molecular weight is 303 g/mol. The summed E-state index contributed by atoms with van der Waals surface area (Å²) in [6.45, 7) is 3.07. The highest BCUT2D eigenvalue weighted by Crippen LogP contribution is 2.37. The number of nitrogens with two attached hydrogens (primary N) is 1. The van der Waals surface area contributed by atoms with Crippen molar-refractivity contribution in [3.63, 3.8) is 0 Å². The van der Waals surface area contributed by atoms with E-state index in [1.165, 1.54) is 0 Å². The minimum Gasteiger partial charge on any atom is -0.505 e. The summed E-state index contributed by atoms with van der Waals surface area (Å²) in [4.78, 5) is 25.5. The van der Waals surface area contributed by atoms with Crippen LogP contribution in [0.4, 0.5) is 5.69 Å². The van der Waals surface area contributed by atoms with Crippen LogP contribution >= 0.6 is 0 Å². The molecule has 2 aliphatic rings. The number of carbonyl (C=O) groups excluding carboxylic acids is 2. The number of amides is 2. The summed E-state index contributed by atoms with van der Waals surface area (Å²) in [6, 6.07) is 3.62. The smallest absolute Gasteiger partial charge is 0.256 e. The Hall–Kier alpha value is -2.24. The summed E-state index contributed by atoms with van der Waals surface area (Å²) in [5.41, 5.74) is 7.00. The lowest BCUT2D eigenvalue weighted by atomic mass is 9.99. The Morgan fingerprint density at radius 2 is 2.27 bits per heavy atom. The molecule has 1 saturated heterocycles. The van der Waals surface area contributed by atoms with Gasteiger partial charge >= 0.3 is 0 Å². The van der Waals surface area contributed by atoms with Gasteiger partial charge in [-0.2, -0.15) is 0 Å². The Morgan fingerprint density at radius 3 is 3.00 bits per heavy atom. The lowest BCUT2D eigenvalue weighted by Crippen LogP contribution is -2.37. The van der Waals surface area contributed by atoms with Gasteiger partial charge in [0, 0.05) is 25.6 Å². The van der Waals surface area contributed by atoms with Crippen LogP contribution in [-0.2, 0) is 4.79 Å². The fourth-order valence-electron chi connectivity index (χ4n) is 3.44. The van der Waals surface area contributed by atoms with Gasteiger partial charge < -0.3 is 21.1 Å². The molecule has 1 aromatic carbocycles. The maximum atomic E-state index is 12.7. The van der Waals surface area contributed by atoms with Crippen LogP contribution in [0.1, 0.15) is 35.2 Å². The van der Waals surface area contributed by atoms with Crippen molar-refractivity contribution in [3.8, 4) is 5.75 Å². The van der Waals surface area contributed by atoms with Gasteiger partial charge in [-0.1, -0.05) is 6.07 Å².